The predicted octanol–water partition coefficient (Wildman–Crippen LogP) is 9.64. The molecule has 1 saturated heterocycles. The highest BCUT2D eigenvalue weighted by molar-refractivity contribution is 9.10. The van der Waals surface area contributed by atoms with Gasteiger partial charge >= 0.3 is 5.85 Å². The number of hydrogen-bond donors (Lipinski definition) is 0. The molecule has 0 N–H and O–H groups in total. The van der Waals surface area contributed by atoms with E-state index in [1.807, 2.05) is 126 Å². The van der Waals surface area contributed by atoms with Gasteiger partial charge in [0.05, 0.1) is 22.3 Å². The van der Waals surface area contributed by atoms with Gasteiger partial charge in [0.1, 0.15) is 18.1 Å². The van der Waals surface area contributed by atoms with E-state index in [1.54, 1.807) is 4.90 Å². The number of hydrogen-bond acceptors (Lipinski definition) is 6. The van der Waals surface area contributed by atoms with Crippen LogP contribution in [0.4, 0.5) is 10.5 Å². The molecule has 1 amide bonds. The number of rotatable bonds is 6. The molecule has 0 aliphatic carbocycles. The number of benzene rings is 5. The Morgan fingerprint density at radius 1 is 0.891 bits per heavy atom. The van der Waals surface area contributed by atoms with Crippen LogP contribution in [-0.4, -0.2) is 21.8 Å². The highest BCUT2D eigenvalue weighted by atomic mass is 79.9. The molecule has 1 spiro atoms. The van der Waals surface area contributed by atoms with Gasteiger partial charge in [-0.05, 0) is 77.0 Å². The first-order valence-electron chi connectivity index (χ1n) is 15.1. The molecule has 0 saturated carbocycles. The molecule has 0 radical (unpaired) electrons. The lowest BCUT2D eigenvalue weighted by Crippen LogP contribution is -2.63. The van der Waals surface area contributed by atoms with Crippen molar-refractivity contribution < 1.29 is 14.3 Å². The van der Waals surface area contributed by atoms with Gasteiger partial charge in [0.2, 0.25) is 0 Å². The monoisotopic (exact) mass is 685 g/mol. The highest BCUT2D eigenvalue weighted by Gasteiger charge is 2.63. The molecule has 2 unspecified atom stereocenters. The number of nitrogens with zero attached hydrogens (tertiary/aromatic N) is 3. The minimum absolute atomic E-state index is 0.142. The fourth-order valence-electron chi connectivity index (χ4n) is 6.23. The molecule has 3 aliphatic heterocycles. The first-order valence-corrected chi connectivity index (χ1v) is 16.7. The maximum Gasteiger partial charge on any atom is 0.321 e. The molecular weight excluding hydrogens is 658 g/mol. The molecule has 3 heterocycles. The maximum absolute atomic E-state index is 14.1. The Morgan fingerprint density at radius 2 is 1.63 bits per heavy atom. The molecule has 2 atom stereocenters. The lowest BCUT2D eigenvalue weighted by atomic mass is 9.95. The number of halogens is 1. The van der Waals surface area contributed by atoms with Crippen molar-refractivity contribution in [1.29, 1.82) is 0 Å². The third kappa shape index (κ3) is 5.07. The lowest BCUT2D eigenvalue weighted by Gasteiger charge is -2.49. The Labute approximate surface area is 280 Å². The molecular formula is C38H28BrN3O3S. The minimum atomic E-state index is -1.36. The molecule has 226 valence electrons. The van der Waals surface area contributed by atoms with Gasteiger partial charge in [-0.1, -0.05) is 107 Å². The van der Waals surface area contributed by atoms with Crippen molar-refractivity contribution in [2.45, 2.75) is 24.9 Å². The largest absolute Gasteiger partial charge is 0.489 e. The van der Waals surface area contributed by atoms with Crippen LogP contribution in [-0.2, 0) is 6.61 Å². The molecule has 8 heteroatoms. The number of thioether (sulfide) groups is 1. The molecule has 0 bridgehead atoms. The first-order chi connectivity index (χ1) is 22.6. The molecule has 0 aromatic heterocycles. The number of hydrazone groups is 1. The summed E-state index contributed by atoms with van der Waals surface area (Å²) >= 11 is 4.84. The molecule has 5 aromatic carbocycles. The van der Waals surface area contributed by atoms with Crippen LogP contribution in [0.2, 0.25) is 0 Å². The van der Waals surface area contributed by atoms with E-state index in [0.29, 0.717) is 13.0 Å². The Hall–Kier alpha value is -4.79. The third-order valence-corrected chi connectivity index (χ3v) is 9.79. The first kappa shape index (κ1) is 28.7. The molecule has 6 nitrogen and oxygen atoms in total. The van der Waals surface area contributed by atoms with Crippen molar-refractivity contribution in [3.63, 3.8) is 0 Å². The number of carbonyl (C=O) groups is 1. The molecule has 8 rings (SSSR count). The van der Waals surface area contributed by atoms with Crippen molar-refractivity contribution in [3.8, 4) is 11.5 Å². The standard InChI is InChI=1S/C38H28BrN3O3S/c39-29-19-20-35-32(23-29)34-24-33(28-14-6-2-7-15-28)40-42(34)38(45-35)36(46-37(43)41(38)30-16-8-3-9-17-30)22-27-13-10-18-31(21-27)44-25-26-11-4-1-5-12-26/h1-23,34H,24-25H2/b36-22-. The lowest BCUT2D eigenvalue weighted by molar-refractivity contribution is -0.0763. The Kier molecular flexibility index (Phi) is 7.39. The van der Waals surface area contributed by atoms with E-state index in [0.717, 1.165) is 54.5 Å². The second kappa shape index (κ2) is 11.9. The zero-order valence-corrected chi connectivity index (χ0v) is 27.0. The quantitative estimate of drug-likeness (QED) is 0.178. The Balaban J connectivity index is 1.28. The van der Waals surface area contributed by atoms with E-state index in [4.69, 9.17) is 14.6 Å². The Morgan fingerprint density at radius 3 is 2.41 bits per heavy atom. The second-order valence-corrected chi connectivity index (χ2v) is 13.2. The SMILES string of the molecule is O=C1S/C(=C\c2cccc(OCc3ccccc3)c2)C2(Oc3ccc(Br)cc3C3CC(c4ccccc4)=NN32)N1c1ccccc1. The van der Waals surface area contributed by atoms with Crippen molar-refractivity contribution in [3.05, 3.63) is 165 Å². The van der Waals surface area contributed by atoms with Gasteiger partial charge in [-0.2, -0.15) is 5.10 Å². The fraction of sp³-hybridized carbons (Fsp3) is 0.105. The van der Waals surface area contributed by atoms with Crippen molar-refractivity contribution in [2.24, 2.45) is 5.10 Å². The second-order valence-electron chi connectivity index (χ2n) is 11.3. The number of para-hydroxylation sites is 1. The summed E-state index contributed by atoms with van der Waals surface area (Å²) in [7, 11) is 0. The maximum atomic E-state index is 14.1. The van der Waals surface area contributed by atoms with Gasteiger partial charge in [-0.15, -0.1) is 0 Å². The third-order valence-electron chi connectivity index (χ3n) is 8.33. The van der Waals surface area contributed by atoms with Gasteiger partial charge in [0.15, 0.2) is 0 Å². The molecule has 46 heavy (non-hydrogen) atoms. The van der Waals surface area contributed by atoms with Crippen LogP contribution < -0.4 is 14.4 Å². The van der Waals surface area contributed by atoms with Crippen LogP contribution in [0.1, 0.15) is 34.7 Å². The summed E-state index contributed by atoms with van der Waals surface area (Å²) in [6.45, 7) is 0.460. The number of fused-ring (bicyclic) bond motifs is 4. The van der Waals surface area contributed by atoms with Gasteiger partial charge in [0.25, 0.3) is 5.24 Å². The predicted molar refractivity (Wildman–Crippen MR) is 187 cm³/mol. The van der Waals surface area contributed by atoms with Crippen LogP contribution in [0.5, 0.6) is 11.5 Å². The summed E-state index contributed by atoms with van der Waals surface area (Å²) in [4.78, 5) is 16.6. The van der Waals surface area contributed by atoms with Crippen LogP contribution >= 0.6 is 27.7 Å². The molecule has 1 fully saturated rings. The number of amides is 1. The van der Waals surface area contributed by atoms with Crippen LogP contribution in [0.3, 0.4) is 0 Å². The van der Waals surface area contributed by atoms with Gasteiger partial charge < -0.3 is 9.47 Å². The normalized spacial score (nSPS) is 20.8. The van der Waals surface area contributed by atoms with Crippen LogP contribution in [0.15, 0.2) is 148 Å². The van der Waals surface area contributed by atoms with Gasteiger partial charge in [-0.25, -0.2) is 9.91 Å². The van der Waals surface area contributed by atoms with E-state index in [-0.39, 0.29) is 11.3 Å². The summed E-state index contributed by atoms with van der Waals surface area (Å²) in [5.74, 6) is 0.104. The van der Waals surface area contributed by atoms with Crippen molar-refractivity contribution in [2.75, 3.05) is 4.90 Å². The average molecular weight is 687 g/mol. The molecule has 5 aromatic rings. The summed E-state index contributed by atoms with van der Waals surface area (Å²) in [5, 5.41) is 7.12. The zero-order valence-electron chi connectivity index (χ0n) is 24.6. The number of carbonyl (C=O) groups excluding carboxylic acids is 1. The summed E-state index contributed by atoms with van der Waals surface area (Å²) in [6.07, 6.45) is 2.69. The average Bonchev–Trinajstić information content (AvgIpc) is 3.66. The number of anilines is 1. The van der Waals surface area contributed by atoms with Crippen LogP contribution in [0, 0.1) is 0 Å². The number of ether oxygens (including phenoxy) is 2. The fourth-order valence-corrected chi connectivity index (χ4v) is 7.67. The summed E-state index contributed by atoms with van der Waals surface area (Å²) < 4.78 is 14.2. The molecule has 3 aliphatic rings. The topological polar surface area (TPSA) is 54.4 Å². The van der Waals surface area contributed by atoms with Gasteiger partial charge in [0, 0.05) is 16.5 Å². The van der Waals surface area contributed by atoms with E-state index < -0.39 is 5.85 Å². The van der Waals surface area contributed by atoms with Crippen LogP contribution in [0.25, 0.3) is 6.08 Å². The van der Waals surface area contributed by atoms with Gasteiger partial charge in [-0.3, -0.25) is 4.79 Å². The highest BCUT2D eigenvalue weighted by Crippen LogP contribution is 2.57. The summed E-state index contributed by atoms with van der Waals surface area (Å²) in [5.41, 5.74) is 5.71. The van der Waals surface area contributed by atoms with E-state index in [1.165, 1.54) is 11.8 Å². The van der Waals surface area contributed by atoms with E-state index in [9.17, 15) is 4.79 Å². The van der Waals surface area contributed by atoms with E-state index >= 15 is 0 Å². The summed E-state index contributed by atoms with van der Waals surface area (Å²) in [6, 6.07) is 43.8. The van der Waals surface area contributed by atoms with Crippen molar-refractivity contribution in [1.82, 2.24) is 5.01 Å². The Bertz CT molecular complexity index is 1990. The van der Waals surface area contributed by atoms with E-state index in [2.05, 4.69) is 34.1 Å². The van der Waals surface area contributed by atoms with Crippen molar-refractivity contribution >= 4 is 50.4 Å². The minimum Gasteiger partial charge on any atom is -0.489 e. The zero-order chi connectivity index (χ0) is 31.1. The smallest absolute Gasteiger partial charge is 0.321 e.